The molecule has 1 fully saturated rings. The summed E-state index contributed by atoms with van der Waals surface area (Å²) in [5.74, 6) is 0.706. The summed E-state index contributed by atoms with van der Waals surface area (Å²) >= 11 is 1.43. The molecule has 1 aromatic heterocycles. The van der Waals surface area contributed by atoms with Gasteiger partial charge < -0.3 is 5.32 Å². The van der Waals surface area contributed by atoms with Crippen LogP contribution in [0.15, 0.2) is 0 Å². The van der Waals surface area contributed by atoms with Gasteiger partial charge in [-0.05, 0) is 25.2 Å². The molecule has 0 aliphatic heterocycles. The maximum atomic E-state index is 11.8. The Morgan fingerprint density at radius 3 is 2.94 bits per heavy atom. The Balaban J connectivity index is 1.81. The number of anilines is 1. The SMILES string of the molecule is CCc1nnc(NC(=O)NC2CCCC(C)C2)s1. The minimum absolute atomic E-state index is 0.159. The number of aromatic nitrogens is 2. The molecule has 1 aliphatic rings. The lowest BCUT2D eigenvalue weighted by Crippen LogP contribution is -2.40. The van der Waals surface area contributed by atoms with Crippen molar-refractivity contribution in [2.75, 3.05) is 5.32 Å². The molecule has 18 heavy (non-hydrogen) atoms. The number of rotatable bonds is 3. The molecular weight excluding hydrogens is 248 g/mol. The molecule has 0 aromatic carbocycles. The van der Waals surface area contributed by atoms with Crippen LogP contribution in [0.2, 0.25) is 0 Å². The van der Waals surface area contributed by atoms with E-state index in [2.05, 4.69) is 27.8 Å². The molecule has 0 spiro atoms. The summed E-state index contributed by atoms with van der Waals surface area (Å²) in [4.78, 5) is 11.8. The molecule has 5 nitrogen and oxygen atoms in total. The first kappa shape index (κ1) is 13.3. The number of hydrogen-bond donors (Lipinski definition) is 2. The summed E-state index contributed by atoms with van der Waals surface area (Å²) in [5, 5.41) is 15.2. The number of carbonyl (C=O) groups is 1. The van der Waals surface area contributed by atoms with Gasteiger partial charge in [-0.25, -0.2) is 4.79 Å². The lowest BCUT2D eigenvalue weighted by Gasteiger charge is -2.27. The van der Waals surface area contributed by atoms with E-state index in [4.69, 9.17) is 0 Å². The molecule has 0 radical (unpaired) electrons. The molecule has 2 amide bonds. The van der Waals surface area contributed by atoms with E-state index in [0.29, 0.717) is 17.1 Å². The predicted molar refractivity (Wildman–Crippen MR) is 72.9 cm³/mol. The molecule has 1 aromatic rings. The van der Waals surface area contributed by atoms with Crippen LogP contribution >= 0.6 is 11.3 Å². The number of hydrogen-bond acceptors (Lipinski definition) is 4. The molecule has 2 N–H and O–H groups in total. The Morgan fingerprint density at radius 1 is 1.44 bits per heavy atom. The van der Waals surface area contributed by atoms with E-state index < -0.39 is 0 Å². The molecule has 6 heteroatoms. The average molecular weight is 268 g/mol. The number of aryl methyl sites for hydroxylation is 1. The minimum Gasteiger partial charge on any atom is -0.335 e. The van der Waals surface area contributed by atoms with Gasteiger partial charge in [0.15, 0.2) is 0 Å². The van der Waals surface area contributed by atoms with Gasteiger partial charge in [0.05, 0.1) is 0 Å². The quantitative estimate of drug-likeness (QED) is 0.885. The molecule has 2 atom stereocenters. The van der Waals surface area contributed by atoms with Gasteiger partial charge in [-0.1, -0.05) is 38.0 Å². The van der Waals surface area contributed by atoms with Crippen molar-refractivity contribution in [3.05, 3.63) is 5.01 Å². The topological polar surface area (TPSA) is 66.9 Å². The third-order valence-electron chi connectivity index (χ3n) is 3.26. The van der Waals surface area contributed by atoms with Crippen LogP contribution in [0.1, 0.15) is 44.5 Å². The summed E-state index contributed by atoms with van der Waals surface area (Å²) in [6.07, 6.45) is 5.47. The van der Waals surface area contributed by atoms with Gasteiger partial charge in [-0.3, -0.25) is 5.32 Å². The summed E-state index contributed by atoms with van der Waals surface area (Å²) in [7, 11) is 0. The third kappa shape index (κ3) is 3.66. The summed E-state index contributed by atoms with van der Waals surface area (Å²) in [5.41, 5.74) is 0. The van der Waals surface area contributed by atoms with Crippen LogP contribution in [0, 0.1) is 5.92 Å². The Labute approximate surface area is 111 Å². The molecule has 2 rings (SSSR count). The number of urea groups is 1. The highest BCUT2D eigenvalue weighted by Crippen LogP contribution is 2.23. The molecule has 100 valence electrons. The van der Waals surface area contributed by atoms with Gasteiger partial charge >= 0.3 is 6.03 Å². The zero-order valence-corrected chi connectivity index (χ0v) is 11.7. The van der Waals surface area contributed by atoms with Gasteiger partial charge in [-0.15, -0.1) is 10.2 Å². The molecule has 1 heterocycles. The fourth-order valence-corrected chi connectivity index (χ4v) is 3.01. The smallest absolute Gasteiger partial charge is 0.321 e. The average Bonchev–Trinajstić information content (AvgIpc) is 2.76. The van der Waals surface area contributed by atoms with Crippen LogP contribution in [0.25, 0.3) is 0 Å². The maximum Gasteiger partial charge on any atom is 0.321 e. The van der Waals surface area contributed by atoms with Crippen LogP contribution < -0.4 is 10.6 Å². The lowest BCUT2D eigenvalue weighted by molar-refractivity contribution is 0.238. The van der Waals surface area contributed by atoms with Crippen molar-refractivity contribution in [3.63, 3.8) is 0 Å². The molecule has 1 aliphatic carbocycles. The van der Waals surface area contributed by atoms with Crippen LogP contribution in [-0.4, -0.2) is 22.3 Å². The fraction of sp³-hybridized carbons (Fsp3) is 0.750. The molecule has 0 saturated heterocycles. The molecule has 1 saturated carbocycles. The summed E-state index contributed by atoms with van der Waals surface area (Å²) < 4.78 is 0. The largest absolute Gasteiger partial charge is 0.335 e. The Kier molecular flexibility index (Phi) is 4.52. The first-order valence-corrected chi connectivity index (χ1v) is 7.39. The second kappa shape index (κ2) is 6.13. The van der Waals surface area contributed by atoms with Gasteiger partial charge in [0.2, 0.25) is 5.13 Å². The Hall–Kier alpha value is -1.17. The van der Waals surface area contributed by atoms with Crippen molar-refractivity contribution in [1.29, 1.82) is 0 Å². The number of nitrogens with one attached hydrogen (secondary N) is 2. The van der Waals surface area contributed by atoms with E-state index in [-0.39, 0.29) is 6.03 Å². The van der Waals surface area contributed by atoms with Crippen LogP contribution in [0.3, 0.4) is 0 Å². The number of carbonyl (C=O) groups excluding carboxylic acids is 1. The Bertz CT molecular complexity index is 407. The molecule has 0 bridgehead atoms. The molecular formula is C12H20N4OS. The third-order valence-corrected chi connectivity index (χ3v) is 4.24. The van der Waals surface area contributed by atoms with E-state index in [1.54, 1.807) is 0 Å². The molecule has 2 unspecified atom stereocenters. The van der Waals surface area contributed by atoms with E-state index >= 15 is 0 Å². The minimum atomic E-state index is -0.159. The Morgan fingerprint density at radius 2 is 2.28 bits per heavy atom. The highest BCUT2D eigenvalue weighted by molar-refractivity contribution is 7.15. The van der Waals surface area contributed by atoms with E-state index in [9.17, 15) is 4.79 Å². The zero-order chi connectivity index (χ0) is 13.0. The van der Waals surface area contributed by atoms with Gasteiger partial charge in [0, 0.05) is 6.04 Å². The van der Waals surface area contributed by atoms with Crippen LogP contribution in [0.5, 0.6) is 0 Å². The highest BCUT2D eigenvalue weighted by atomic mass is 32.1. The first-order valence-electron chi connectivity index (χ1n) is 6.57. The predicted octanol–water partition coefficient (Wildman–Crippen LogP) is 2.80. The second-order valence-electron chi connectivity index (χ2n) is 4.92. The first-order chi connectivity index (χ1) is 8.67. The van der Waals surface area contributed by atoms with Crippen molar-refractivity contribution < 1.29 is 4.79 Å². The lowest BCUT2D eigenvalue weighted by atomic mass is 9.87. The monoisotopic (exact) mass is 268 g/mol. The highest BCUT2D eigenvalue weighted by Gasteiger charge is 2.20. The van der Waals surface area contributed by atoms with Crippen LogP contribution in [-0.2, 0) is 6.42 Å². The zero-order valence-electron chi connectivity index (χ0n) is 10.9. The van der Waals surface area contributed by atoms with Gasteiger partial charge in [0.25, 0.3) is 0 Å². The van der Waals surface area contributed by atoms with Crippen molar-refractivity contribution >= 4 is 22.5 Å². The van der Waals surface area contributed by atoms with Gasteiger partial charge in [0.1, 0.15) is 5.01 Å². The van der Waals surface area contributed by atoms with Crippen molar-refractivity contribution in [2.24, 2.45) is 5.92 Å². The van der Waals surface area contributed by atoms with Crippen LogP contribution in [0.4, 0.5) is 9.93 Å². The van der Waals surface area contributed by atoms with Crippen molar-refractivity contribution in [2.45, 2.75) is 52.0 Å². The second-order valence-corrected chi connectivity index (χ2v) is 5.98. The van der Waals surface area contributed by atoms with E-state index in [1.807, 2.05) is 6.92 Å². The fourth-order valence-electron chi connectivity index (χ4n) is 2.33. The van der Waals surface area contributed by atoms with Crippen molar-refractivity contribution in [1.82, 2.24) is 15.5 Å². The number of amides is 2. The standard InChI is InChI=1S/C12H20N4OS/c1-3-10-15-16-12(18-10)14-11(17)13-9-6-4-5-8(2)7-9/h8-9H,3-7H2,1-2H3,(H2,13,14,16,17). The van der Waals surface area contributed by atoms with E-state index in [1.165, 1.54) is 24.2 Å². The summed E-state index contributed by atoms with van der Waals surface area (Å²) in [6.45, 7) is 4.26. The van der Waals surface area contributed by atoms with Gasteiger partial charge in [-0.2, -0.15) is 0 Å². The summed E-state index contributed by atoms with van der Waals surface area (Å²) in [6, 6.07) is 0.139. The maximum absolute atomic E-state index is 11.8. The van der Waals surface area contributed by atoms with E-state index in [0.717, 1.165) is 24.3 Å². The number of nitrogens with zero attached hydrogens (tertiary/aromatic N) is 2. The normalized spacial score (nSPS) is 23.7. The van der Waals surface area contributed by atoms with Crippen molar-refractivity contribution in [3.8, 4) is 0 Å².